The zero-order valence-corrected chi connectivity index (χ0v) is 22.2. The van der Waals surface area contributed by atoms with Gasteiger partial charge in [0.05, 0.1) is 11.1 Å². The first-order chi connectivity index (χ1) is 18.6. The zero-order valence-electron chi connectivity index (χ0n) is 22.2. The molecule has 0 aliphatic carbocycles. The van der Waals surface area contributed by atoms with E-state index in [-0.39, 0.29) is 29.0 Å². The van der Waals surface area contributed by atoms with Crippen LogP contribution in [0.4, 0.5) is 15.9 Å². The molecule has 2 amide bonds. The van der Waals surface area contributed by atoms with Crippen LogP contribution in [-0.2, 0) is 10.2 Å². The van der Waals surface area contributed by atoms with Crippen LogP contribution in [-0.4, -0.2) is 51.0 Å². The SMILES string of the molecule is C=CC(=O)N1CC[C@@H](Nc2n[nH]c3nccc(-c4ccc(NC(=O)c5ccc(C(C)(C)C)cc5)c(F)c4)c23)C1. The number of H-pyrrole nitrogens is 1. The monoisotopic (exact) mass is 526 g/mol. The van der Waals surface area contributed by atoms with Gasteiger partial charge in [-0.3, -0.25) is 14.7 Å². The molecule has 0 radical (unpaired) electrons. The molecule has 200 valence electrons. The van der Waals surface area contributed by atoms with Crippen LogP contribution >= 0.6 is 0 Å². The third-order valence-electron chi connectivity index (χ3n) is 7.02. The Balaban J connectivity index is 1.36. The van der Waals surface area contributed by atoms with Crippen LogP contribution in [0.5, 0.6) is 0 Å². The van der Waals surface area contributed by atoms with Crippen molar-refractivity contribution in [2.24, 2.45) is 0 Å². The Hall–Kier alpha value is -4.53. The summed E-state index contributed by atoms with van der Waals surface area (Å²) in [6, 6.07) is 13.9. The van der Waals surface area contributed by atoms with E-state index in [1.807, 2.05) is 12.1 Å². The van der Waals surface area contributed by atoms with E-state index < -0.39 is 5.82 Å². The fraction of sp³-hybridized carbons (Fsp3) is 0.267. The summed E-state index contributed by atoms with van der Waals surface area (Å²) in [4.78, 5) is 30.8. The largest absolute Gasteiger partial charge is 0.363 e. The van der Waals surface area contributed by atoms with Crippen LogP contribution in [0, 0.1) is 5.82 Å². The second kappa shape index (κ2) is 10.3. The fourth-order valence-electron chi connectivity index (χ4n) is 4.80. The lowest BCUT2D eigenvalue weighted by Gasteiger charge is -2.19. The Morgan fingerprint density at radius 1 is 1.15 bits per heavy atom. The van der Waals surface area contributed by atoms with Crippen molar-refractivity contribution in [1.82, 2.24) is 20.1 Å². The van der Waals surface area contributed by atoms with Gasteiger partial charge < -0.3 is 15.5 Å². The van der Waals surface area contributed by atoms with E-state index in [0.717, 1.165) is 22.9 Å². The van der Waals surface area contributed by atoms with Crippen LogP contribution in [0.1, 0.15) is 43.1 Å². The second-order valence-electron chi connectivity index (χ2n) is 10.7. The van der Waals surface area contributed by atoms with Crippen LogP contribution in [0.3, 0.4) is 0 Å². The van der Waals surface area contributed by atoms with Crippen LogP contribution in [0.25, 0.3) is 22.2 Å². The second-order valence-corrected chi connectivity index (χ2v) is 10.7. The molecule has 4 aromatic rings. The maximum Gasteiger partial charge on any atom is 0.255 e. The number of nitrogens with zero attached hydrogens (tertiary/aromatic N) is 3. The lowest BCUT2D eigenvalue weighted by Crippen LogP contribution is -2.30. The minimum Gasteiger partial charge on any atom is -0.363 e. The summed E-state index contributed by atoms with van der Waals surface area (Å²) in [7, 11) is 0. The number of rotatable bonds is 6. The number of amides is 2. The number of carbonyl (C=O) groups is 2. The van der Waals surface area contributed by atoms with E-state index in [0.29, 0.717) is 35.7 Å². The molecule has 0 spiro atoms. The molecule has 3 heterocycles. The Bertz CT molecular complexity index is 1550. The van der Waals surface area contributed by atoms with Gasteiger partial charge in [-0.15, -0.1) is 0 Å². The molecule has 2 aromatic heterocycles. The summed E-state index contributed by atoms with van der Waals surface area (Å²) >= 11 is 0. The number of aromatic nitrogens is 3. The molecule has 1 atom stereocenters. The number of benzene rings is 2. The summed E-state index contributed by atoms with van der Waals surface area (Å²) in [6.45, 7) is 11.0. The quantitative estimate of drug-likeness (QED) is 0.288. The maximum absolute atomic E-state index is 15.2. The standard InChI is InChI=1S/C30H31FN6O2/c1-5-25(38)37-15-13-21(17-37)33-28-26-22(12-14-32-27(26)35-36-28)19-8-11-24(23(31)16-19)34-29(39)18-6-9-20(10-7-18)30(2,3)4/h5-12,14,16,21H,1,13,15,17H2,2-4H3,(H,34,39)(H2,32,33,35,36)/t21-/m1/s1. The minimum absolute atomic E-state index is 0.0141. The highest BCUT2D eigenvalue weighted by Crippen LogP contribution is 2.34. The van der Waals surface area contributed by atoms with Gasteiger partial charge in [0, 0.05) is 30.9 Å². The van der Waals surface area contributed by atoms with Gasteiger partial charge in [-0.1, -0.05) is 45.5 Å². The van der Waals surface area contributed by atoms with E-state index in [4.69, 9.17) is 0 Å². The predicted octanol–water partition coefficient (Wildman–Crippen LogP) is 5.51. The normalized spacial score (nSPS) is 15.4. The van der Waals surface area contributed by atoms with E-state index in [1.165, 1.54) is 12.1 Å². The number of fused-ring (bicyclic) bond motifs is 1. The molecular weight excluding hydrogens is 495 g/mol. The summed E-state index contributed by atoms with van der Waals surface area (Å²) in [5.41, 5.74) is 3.55. The molecule has 0 unspecified atom stereocenters. The number of carbonyl (C=O) groups excluding carboxylic acids is 2. The topological polar surface area (TPSA) is 103 Å². The summed E-state index contributed by atoms with van der Waals surface area (Å²) in [5.74, 6) is -0.444. The summed E-state index contributed by atoms with van der Waals surface area (Å²) in [6.07, 6.45) is 3.72. The first-order valence-electron chi connectivity index (χ1n) is 12.9. The molecule has 1 fully saturated rings. The van der Waals surface area contributed by atoms with Crippen molar-refractivity contribution in [3.05, 3.63) is 84.3 Å². The molecule has 39 heavy (non-hydrogen) atoms. The van der Waals surface area contributed by atoms with E-state index in [2.05, 4.69) is 53.2 Å². The highest BCUT2D eigenvalue weighted by atomic mass is 19.1. The number of aromatic amines is 1. The molecule has 0 bridgehead atoms. The van der Waals surface area contributed by atoms with Crippen molar-refractivity contribution < 1.29 is 14.0 Å². The summed E-state index contributed by atoms with van der Waals surface area (Å²) < 4.78 is 15.2. The van der Waals surface area contributed by atoms with Crippen molar-refractivity contribution in [2.45, 2.75) is 38.6 Å². The fourth-order valence-corrected chi connectivity index (χ4v) is 4.80. The van der Waals surface area contributed by atoms with Gasteiger partial charge in [-0.05, 0) is 64.9 Å². The van der Waals surface area contributed by atoms with Crippen molar-refractivity contribution in [3.63, 3.8) is 0 Å². The van der Waals surface area contributed by atoms with Gasteiger partial charge in [-0.25, -0.2) is 9.37 Å². The molecule has 9 heteroatoms. The van der Waals surface area contributed by atoms with Crippen LogP contribution < -0.4 is 10.6 Å². The number of hydrogen-bond acceptors (Lipinski definition) is 5. The number of likely N-dealkylation sites (tertiary alicyclic amines) is 1. The first-order valence-corrected chi connectivity index (χ1v) is 12.9. The van der Waals surface area contributed by atoms with Gasteiger partial charge in [0.15, 0.2) is 11.5 Å². The van der Waals surface area contributed by atoms with Crippen LogP contribution in [0.15, 0.2) is 67.4 Å². The lowest BCUT2D eigenvalue weighted by molar-refractivity contribution is -0.125. The summed E-state index contributed by atoms with van der Waals surface area (Å²) in [5, 5.41) is 14.1. The molecule has 1 saturated heterocycles. The van der Waals surface area contributed by atoms with Gasteiger partial charge in [0.25, 0.3) is 5.91 Å². The molecular formula is C30H31FN6O2. The first kappa shape index (κ1) is 26.1. The zero-order chi connectivity index (χ0) is 27.7. The average Bonchev–Trinajstić information content (AvgIpc) is 3.56. The maximum atomic E-state index is 15.2. The molecule has 8 nitrogen and oxygen atoms in total. The highest BCUT2D eigenvalue weighted by Gasteiger charge is 2.26. The Morgan fingerprint density at radius 2 is 1.92 bits per heavy atom. The van der Waals surface area contributed by atoms with E-state index >= 15 is 4.39 Å². The average molecular weight is 527 g/mol. The van der Waals surface area contributed by atoms with E-state index in [9.17, 15) is 9.59 Å². The molecule has 0 saturated carbocycles. The highest BCUT2D eigenvalue weighted by molar-refractivity contribution is 6.05. The van der Waals surface area contributed by atoms with Gasteiger partial charge in [0.1, 0.15) is 5.82 Å². The number of hydrogen-bond donors (Lipinski definition) is 3. The third kappa shape index (κ3) is 5.38. The van der Waals surface area contributed by atoms with Gasteiger partial charge in [-0.2, -0.15) is 5.10 Å². The minimum atomic E-state index is -0.551. The van der Waals surface area contributed by atoms with Crippen molar-refractivity contribution >= 4 is 34.4 Å². The Kier molecular flexibility index (Phi) is 6.91. The smallest absolute Gasteiger partial charge is 0.255 e. The molecule has 1 aliphatic heterocycles. The Morgan fingerprint density at radius 3 is 2.62 bits per heavy atom. The molecule has 5 rings (SSSR count). The van der Waals surface area contributed by atoms with Crippen molar-refractivity contribution in [3.8, 4) is 11.1 Å². The number of nitrogens with one attached hydrogen (secondary N) is 3. The number of halogens is 1. The van der Waals surface area contributed by atoms with Gasteiger partial charge >= 0.3 is 0 Å². The van der Waals surface area contributed by atoms with Crippen molar-refractivity contribution in [2.75, 3.05) is 23.7 Å². The van der Waals surface area contributed by atoms with Gasteiger partial charge in [0.2, 0.25) is 5.91 Å². The molecule has 1 aliphatic rings. The number of pyridine rings is 1. The number of anilines is 2. The third-order valence-corrected chi connectivity index (χ3v) is 7.02. The predicted molar refractivity (Wildman–Crippen MR) is 151 cm³/mol. The van der Waals surface area contributed by atoms with Crippen LogP contribution in [0.2, 0.25) is 0 Å². The lowest BCUT2D eigenvalue weighted by atomic mass is 9.87. The van der Waals surface area contributed by atoms with E-state index in [1.54, 1.807) is 41.4 Å². The molecule has 2 aromatic carbocycles. The van der Waals surface area contributed by atoms with Crippen molar-refractivity contribution in [1.29, 1.82) is 0 Å². The Labute approximate surface area is 226 Å². The molecule has 3 N–H and O–H groups in total.